The Morgan fingerprint density at radius 3 is 2.27 bits per heavy atom. The molecule has 0 fully saturated rings. The van der Waals surface area contributed by atoms with Gasteiger partial charge in [0.05, 0.1) is 0 Å². The monoisotopic (exact) mass is 265 g/mol. The van der Waals surface area contributed by atoms with Crippen molar-refractivity contribution < 1.29 is 0 Å². The summed E-state index contributed by atoms with van der Waals surface area (Å²) in [5.41, 5.74) is 0. The maximum absolute atomic E-state index is 5.65. The molecule has 0 bridgehead atoms. The van der Waals surface area contributed by atoms with Crippen LogP contribution in [0, 0.1) is 0 Å². The molecule has 1 aromatic heterocycles. The Labute approximate surface area is 104 Å². The van der Waals surface area contributed by atoms with Gasteiger partial charge in [-0.25, -0.2) is 0 Å². The van der Waals surface area contributed by atoms with Crippen molar-refractivity contribution in [3.8, 4) is 0 Å². The largest absolute Gasteiger partial charge is 0.227 e. The summed E-state index contributed by atoms with van der Waals surface area (Å²) in [6.07, 6.45) is 4.93. The number of halogens is 2. The van der Waals surface area contributed by atoms with Crippen LogP contribution in [-0.4, -0.2) is 20.7 Å². The summed E-state index contributed by atoms with van der Waals surface area (Å²) in [6.45, 7) is 2.19. The summed E-state index contributed by atoms with van der Waals surface area (Å²) in [5.74, 6) is 0.997. The highest BCUT2D eigenvalue weighted by Gasteiger charge is 2.03. The van der Waals surface area contributed by atoms with Crippen LogP contribution < -0.4 is 0 Å². The van der Waals surface area contributed by atoms with E-state index in [-0.39, 0.29) is 10.6 Å². The highest BCUT2D eigenvalue weighted by Crippen LogP contribution is 2.18. The van der Waals surface area contributed by atoms with E-state index >= 15 is 0 Å². The second kappa shape index (κ2) is 7.25. The molecule has 15 heavy (non-hydrogen) atoms. The summed E-state index contributed by atoms with van der Waals surface area (Å²) in [6, 6.07) is 0. The lowest BCUT2D eigenvalue weighted by atomic mass is 10.2. The molecule has 0 saturated heterocycles. The van der Waals surface area contributed by atoms with Crippen LogP contribution in [0.2, 0.25) is 10.6 Å². The molecule has 0 radical (unpaired) electrons. The number of rotatable bonds is 6. The zero-order valence-electron chi connectivity index (χ0n) is 8.54. The summed E-state index contributed by atoms with van der Waals surface area (Å²) in [7, 11) is 0. The highest BCUT2D eigenvalue weighted by atomic mass is 35.5. The van der Waals surface area contributed by atoms with Gasteiger partial charge in [0.25, 0.3) is 0 Å². The quantitative estimate of drug-likeness (QED) is 0.579. The van der Waals surface area contributed by atoms with Crippen LogP contribution in [0.5, 0.6) is 0 Å². The molecule has 0 N–H and O–H groups in total. The molecular formula is C9H13Cl2N3S. The van der Waals surface area contributed by atoms with E-state index in [1.54, 1.807) is 11.8 Å². The van der Waals surface area contributed by atoms with Gasteiger partial charge < -0.3 is 0 Å². The number of hydrogen-bond donors (Lipinski definition) is 0. The number of unbranched alkanes of at least 4 members (excludes halogenated alkanes) is 3. The first-order chi connectivity index (χ1) is 7.22. The van der Waals surface area contributed by atoms with Gasteiger partial charge in [-0.1, -0.05) is 37.9 Å². The van der Waals surface area contributed by atoms with Crippen molar-refractivity contribution in [1.29, 1.82) is 0 Å². The van der Waals surface area contributed by atoms with Crippen LogP contribution in [0.25, 0.3) is 0 Å². The Kier molecular flexibility index (Phi) is 6.29. The first-order valence-electron chi connectivity index (χ1n) is 4.92. The average molecular weight is 266 g/mol. The predicted octanol–water partition coefficient (Wildman–Crippen LogP) is 3.85. The van der Waals surface area contributed by atoms with Gasteiger partial charge in [0.15, 0.2) is 5.16 Å². The van der Waals surface area contributed by atoms with E-state index in [1.165, 1.54) is 25.7 Å². The van der Waals surface area contributed by atoms with E-state index in [9.17, 15) is 0 Å². The summed E-state index contributed by atoms with van der Waals surface area (Å²) in [5, 5.41) is 0.925. The molecule has 0 aliphatic rings. The lowest BCUT2D eigenvalue weighted by Crippen LogP contribution is -1.93. The average Bonchev–Trinajstić information content (AvgIpc) is 2.16. The van der Waals surface area contributed by atoms with Crippen molar-refractivity contribution in [2.45, 2.75) is 37.8 Å². The predicted molar refractivity (Wildman–Crippen MR) is 64.7 cm³/mol. The molecule has 0 aliphatic carbocycles. The highest BCUT2D eigenvalue weighted by molar-refractivity contribution is 7.99. The Hall–Kier alpha value is -0.0600. The Balaban J connectivity index is 2.31. The van der Waals surface area contributed by atoms with Crippen molar-refractivity contribution in [1.82, 2.24) is 15.0 Å². The second-order valence-corrected chi connectivity index (χ2v) is 4.80. The van der Waals surface area contributed by atoms with Crippen LogP contribution in [0.4, 0.5) is 0 Å². The number of thioether (sulfide) groups is 1. The Morgan fingerprint density at radius 1 is 1.00 bits per heavy atom. The van der Waals surface area contributed by atoms with Crippen LogP contribution in [0.1, 0.15) is 32.6 Å². The van der Waals surface area contributed by atoms with Crippen LogP contribution in [0.3, 0.4) is 0 Å². The minimum atomic E-state index is 0.158. The number of nitrogens with zero attached hydrogens (tertiary/aromatic N) is 3. The van der Waals surface area contributed by atoms with Gasteiger partial charge >= 0.3 is 0 Å². The SMILES string of the molecule is CCCCCCSc1nc(Cl)nc(Cl)n1. The van der Waals surface area contributed by atoms with Crippen molar-refractivity contribution in [2.24, 2.45) is 0 Å². The van der Waals surface area contributed by atoms with E-state index in [0.29, 0.717) is 5.16 Å². The third-order valence-electron chi connectivity index (χ3n) is 1.79. The van der Waals surface area contributed by atoms with Gasteiger partial charge in [0, 0.05) is 5.75 Å². The lowest BCUT2D eigenvalue weighted by molar-refractivity contribution is 0.706. The fourth-order valence-electron chi connectivity index (χ4n) is 1.07. The second-order valence-electron chi connectivity index (χ2n) is 3.07. The lowest BCUT2D eigenvalue weighted by Gasteiger charge is -2.00. The van der Waals surface area contributed by atoms with Gasteiger partial charge in [0.2, 0.25) is 10.6 Å². The molecular weight excluding hydrogens is 253 g/mol. The van der Waals surface area contributed by atoms with Crippen LogP contribution >= 0.6 is 35.0 Å². The topological polar surface area (TPSA) is 38.7 Å². The molecule has 0 saturated carbocycles. The third kappa shape index (κ3) is 5.54. The number of hydrogen-bond acceptors (Lipinski definition) is 4. The van der Waals surface area contributed by atoms with Crippen molar-refractivity contribution in [2.75, 3.05) is 5.75 Å². The van der Waals surface area contributed by atoms with E-state index < -0.39 is 0 Å². The number of aromatic nitrogens is 3. The normalized spacial score (nSPS) is 10.6. The molecule has 0 amide bonds. The molecule has 0 spiro atoms. The molecule has 1 aromatic rings. The molecule has 0 atom stereocenters. The van der Waals surface area contributed by atoms with E-state index in [2.05, 4.69) is 21.9 Å². The van der Waals surface area contributed by atoms with E-state index in [4.69, 9.17) is 23.2 Å². The maximum atomic E-state index is 5.65. The standard InChI is InChI=1S/C9H13Cl2N3S/c1-2-3-4-5-6-15-9-13-7(10)12-8(11)14-9/h2-6H2,1H3. The van der Waals surface area contributed by atoms with Gasteiger partial charge in [0.1, 0.15) is 0 Å². The molecule has 84 valence electrons. The van der Waals surface area contributed by atoms with Gasteiger partial charge in [-0.2, -0.15) is 15.0 Å². The van der Waals surface area contributed by atoms with Crippen molar-refractivity contribution in [3.63, 3.8) is 0 Å². The minimum absolute atomic E-state index is 0.158. The first-order valence-corrected chi connectivity index (χ1v) is 6.66. The van der Waals surface area contributed by atoms with Crippen molar-refractivity contribution in [3.05, 3.63) is 10.6 Å². The van der Waals surface area contributed by atoms with Crippen LogP contribution in [-0.2, 0) is 0 Å². The molecule has 1 rings (SSSR count). The molecule has 6 heteroatoms. The summed E-state index contributed by atoms with van der Waals surface area (Å²) >= 11 is 12.9. The van der Waals surface area contributed by atoms with Crippen molar-refractivity contribution >= 4 is 35.0 Å². The van der Waals surface area contributed by atoms with Crippen LogP contribution in [0.15, 0.2) is 5.16 Å². The molecule has 0 aromatic carbocycles. The smallest absolute Gasteiger partial charge is 0.192 e. The zero-order valence-corrected chi connectivity index (χ0v) is 10.9. The maximum Gasteiger partial charge on any atom is 0.227 e. The molecule has 1 heterocycles. The van der Waals surface area contributed by atoms with E-state index in [1.807, 2.05) is 0 Å². The molecule has 0 unspecified atom stereocenters. The summed E-state index contributed by atoms with van der Waals surface area (Å²) < 4.78 is 0. The molecule has 3 nitrogen and oxygen atoms in total. The van der Waals surface area contributed by atoms with Gasteiger partial charge in [-0.05, 0) is 29.6 Å². The van der Waals surface area contributed by atoms with Gasteiger partial charge in [-0.15, -0.1) is 0 Å². The molecule has 0 aliphatic heterocycles. The zero-order chi connectivity index (χ0) is 11.1. The van der Waals surface area contributed by atoms with Gasteiger partial charge in [-0.3, -0.25) is 0 Å². The summed E-state index contributed by atoms with van der Waals surface area (Å²) in [4.78, 5) is 11.6. The minimum Gasteiger partial charge on any atom is -0.192 e. The van der Waals surface area contributed by atoms with E-state index in [0.717, 1.165) is 5.75 Å². The Morgan fingerprint density at radius 2 is 1.67 bits per heavy atom. The fraction of sp³-hybridized carbons (Fsp3) is 0.667. The third-order valence-corrected chi connectivity index (χ3v) is 3.06. The Bertz CT molecular complexity index is 289. The first kappa shape index (κ1) is 13.0. The fourth-order valence-corrected chi connectivity index (χ4v) is 2.36.